The molecule has 23 heavy (non-hydrogen) atoms. The fourth-order valence-electron chi connectivity index (χ4n) is 3.69. The van der Waals surface area contributed by atoms with Gasteiger partial charge in [-0.3, -0.25) is 14.6 Å². The molecule has 2 fully saturated rings. The molecular weight excluding hydrogens is 288 g/mol. The maximum absolute atomic E-state index is 13.0. The van der Waals surface area contributed by atoms with Gasteiger partial charge in [0, 0.05) is 25.1 Å². The zero-order chi connectivity index (χ0) is 15.8. The molecule has 116 valence electrons. The highest BCUT2D eigenvalue weighted by molar-refractivity contribution is 5.99. The summed E-state index contributed by atoms with van der Waals surface area (Å²) in [6.07, 6.45) is 0.537. The topological polar surface area (TPSA) is 40.6 Å². The Kier molecular flexibility index (Phi) is 3.46. The van der Waals surface area contributed by atoms with E-state index in [1.54, 1.807) is 5.01 Å². The van der Waals surface area contributed by atoms with E-state index in [2.05, 4.69) is 5.01 Å². The second-order valence-corrected chi connectivity index (χ2v) is 6.08. The number of hydrogen-bond donors (Lipinski definition) is 0. The van der Waals surface area contributed by atoms with E-state index in [-0.39, 0.29) is 23.7 Å². The lowest BCUT2D eigenvalue weighted by Crippen LogP contribution is -2.33. The van der Waals surface area contributed by atoms with Gasteiger partial charge in [0.15, 0.2) is 5.78 Å². The van der Waals surface area contributed by atoms with Gasteiger partial charge in [0.25, 0.3) is 0 Å². The zero-order valence-corrected chi connectivity index (χ0v) is 12.8. The van der Waals surface area contributed by atoms with E-state index in [0.717, 1.165) is 5.56 Å². The second-order valence-electron chi connectivity index (χ2n) is 6.08. The van der Waals surface area contributed by atoms with Gasteiger partial charge in [0.2, 0.25) is 5.91 Å². The van der Waals surface area contributed by atoms with Crippen LogP contribution in [0, 0.1) is 5.92 Å². The minimum absolute atomic E-state index is 0.0599. The van der Waals surface area contributed by atoms with Crippen LogP contribution in [-0.2, 0) is 4.79 Å². The van der Waals surface area contributed by atoms with Crippen molar-refractivity contribution in [3.05, 3.63) is 71.8 Å². The van der Waals surface area contributed by atoms with Crippen molar-refractivity contribution in [3.8, 4) is 0 Å². The highest BCUT2D eigenvalue weighted by Crippen LogP contribution is 2.41. The minimum Gasteiger partial charge on any atom is -0.294 e. The van der Waals surface area contributed by atoms with E-state index in [9.17, 15) is 9.59 Å². The van der Waals surface area contributed by atoms with Crippen molar-refractivity contribution in [1.29, 1.82) is 0 Å². The summed E-state index contributed by atoms with van der Waals surface area (Å²) in [6.45, 7) is 1.17. The van der Waals surface area contributed by atoms with Gasteiger partial charge in [-0.2, -0.15) is 0 Å². The van der Waals surface area contributed by atoms with E-state index in [4.69, 9.17) is 0 Å². The molecule has 4 rings (SSSR count). The van der Waals surface area contributed by atoms with Gasteiger partial charge in [-0.25, -0.2) is 5.01 Å². The molecule has 2 aliphatic heterocycles. The maximum Gasteiger partial charge on any atom is 0.238 e. The summed E-state index contributed by atoms with van der Waals surface area (Å²) in [5.41, 5.74) is 1.81. The summed E-state index contributed by atoms with van der Waals surface area (Å²) in [6, 6.07) is 19.3. The Hall–Kier alpha value is -2.46. The van der Waals surface area contributed by atoms with Gasteiger partial charge < -0.3 is 0 Å². The van der Waals surface area contributed by atoms with Gasteiger partial charge in [0.1, 0.15) is 0 Å². The number of nitrogens with zero attached hydrogens (tertiary/aromatic N) is 2. The molecule has 0 saturated carbocycles. The van der Waals surface area contributed by atoms with Crippen LogP contribution in [0.4, 0.5) is 0 Å². The van der Waals surface area contributed by atoms with Crippen LogP contribution in [0.25, 0.3) is 0 Å². The third kappa shape index (κ3) is 2.35. The van der Waals surface area contributed by atoms with Crippen LogP contribution >= 0.6 is 0 Å². The smallest absolute Gasteiger partial charge is 0.238 e. The van der Waals surface area contributed by atoms with Crippen molar-refractivity contribution < 1.29 is 9.59 Å². The zero-order valence-electron chi connectivity index (χ0n) is 12.8. The Morgan fingerprint density at radius 3 is 2.30 bits per heavy atom. The van der Waals surface area contributed by atoms with Crippen molar-refractivity contribution in [1.82, 2.24) is 10.0 Å². The molecule has 2 saturated heterocycles. The lowest BCUT2D eigenvalue weighted by Gasteiger charge is -2.26. The Balaban J connectivity index is 1.72. The van der Waals surface area contributed by atoms with Gasteiger partial charge in [-0.05, 0) is 5.56 Å². The molecule has 0 aliphatic carbocycles. The lowest BCUT2D eigenvalue weighted by molar-refractivity contribution is -0.135. The second kappa shape index (κ2) is 5.63. The Morgan fingerprint density at radius 1 is 0.957 bits per heavy atom. The number of fused-ring (bicyclic) bond motifs is 1. The molecule has 0 aromatic heterocycles. The molecule has 4 heteroatoms. The van der Waals surface area contributed by atoms with Crippen LogP contribution < -0.4 is 0 Å². The highest BCUT2D eigenvalue weighted by Gasteiger charge is 2.48. The van der Waals surface area contributed by atoms with Crippen molar-refractivity contribution in [3.63, 3.8) is 0 Å². The molecular formula is C19H18N2O2. The molecule has 4 nitrogen and oxygen atoms in total. The molecule has 0 bridgehead atoms. The van der Waals surface area contributed by atoms with Gasteiger partial charge in [-0.15, -0.1) is 0 Å². The number of carbonyl (C=O) groups is 2. The first-order valence-electron chi connectivity index (χ1n) is 7.97. The maximum atomic E-state index is 13.0. The predicted molar refractivity (Wildman–Crippen MR) is 86.5 cm³/mol. The standard InChI is InChI=1S/C19H18N2O2/c22-17-11-12-20-18(14-7-3-1-4-8-14)16(13-21(17)20)19(23)15-9-5-2-6-10-15/h1-10,16,18H,11-13H2. The molecule has 2 unspecified atom stereocenters. The summed E-state index contributed by atoms with van der Waals surface area (Å²) in [4.78, 5) is 25.1. The molecule has 0 radical (unpaired) electrons. The lowest BCUT2D eigenvalue weighted by atomic mass is 9.87. The van der Waals surface area contributed by atoms with Crippen LogP contribution in [-0.4, -0.2) is 34.8 Å². The molecule has 1 amide bonds. The molecule has 2 atom stereocenters. The van der Waals surface area contributed by atoms with E-state index >= 15 is 0 Å². The number of Topliss-reactive ketones (excluding diaryl/α,β-unsaturated/α-hetero) is 1. The molecule has 2 aliphatic rings. The van der Waals surface area contributed by atoms with E-state index in [1.807, 2.05) is 60.7 Å². The van der Waals surface area contributed by atoms with Crippen LogP contribution in [0.5, 0.6) is 0 Å². The highest BCUT2D eigenvalue weighted by atomic mass is 16.2. The summed E-state index contributed by atoms with van der Waals surface area (Å²) in [7, 11) is 0. The fourth-order valence-corrected chi connectivity index (χ4v) is 3.69. The predicted octanol–water partition coefficient (Wildman–Crippen LogP) is 2.69. The first kappa shape index (κ1) is 14.2. The van der Waals surface area contributed by atoms with E-state index in [1.165, 1.54) is 0 Å². The number of amides is 1. The van der Waals surface area contributed by atoms with Crippen LogP contribution in [0.2, 0.25) is 0 Å². The Morgan fingerprint density at radius 2 is 1.61 bits per heavy atom. The third-order valence-electron chi connectivity index (χ3n) is 4.76. The average molecular weight is 306 g/mol. The first-order valence-corrected chi connectivity index (χ1v) is 7.97. The molecule has 2 aromatic rings. The number of hydrogen-bond acceptors (Lipinski definition) is 3. The fraction of sp³-hybridized carbons (Fsp3) is 0.263. The first-order chi connectivity index (χ1) is 11.3. The SMILES string of the molecule is O=C(c1ccccc1)C1CN2C(=O)CCN2C1c1ccccc1. The quantitative estimate of drug-likeness (QED) is 0.819. The minimum atomic E-state index is -0.218. The van der Waals surface area contributed by atoms with Crippen molar-refractivity contribution >= 4 is 11.7 Å². The number of benzene rings is 2. The number of ketones is 1. The van der Waals surface area contributed by atoms with Gasteiger partial charge in [-0.1, -0.05) is 60.7 Å². The molecule has 2 aromatic carbocycles. The van der Waals surface area contributed by atoms with Crippen molar-refractivity contribution in [2.24, 2.45) is 5.92 Å². The van der Waals surface area contributed by atoms with E-state index in [0.29, 0.717) is 25.1 Å². The van der Waals surface area contributed by atoms with Crippen LogP contribution in [0.15, 0.2) is 60.7 Å². The summed E-state index contributed by atoms with van der Waals surface area (Å²) < 4.78 is 0. The Bertz CT molecular complexity index is 730. The number of rotatable bonds is 3. The molecule has 2 heterocycles. The average Bonchev–Trinajstić information content (AvgIpc) is 3.16. The van der Waals surface area contributed by atoms with Crippen molar-refractivity contribution in [2.75, 3.05) is 13.1 Å². The van der Waals surface area contributed by atoms with E-state index < -0.39 is 0 Å². The van der Waals surface area contributed by atoms with Crippen molar-refractivity contribution in [2.45, 2.75) is 12.5 Å². The number of hydrazine groups is 1. The largest absolute Gasteiger partial charge is 0.294 e. The van der Waals surface area contributed by atoms with Crippen LogP contribution in [0.1, 0.15) is 28.4 Å². The molecule has 0 spiro atoms. The monoisotopic (exact) mass is 306 g/mol. The van der Waals surface area contributed by atoms with Gasteiger partial charge in [0.05, 0.1) is 12.0 Å². The Labute approximate surface area is 135 Å². The van der Waals surface area contributed by atoms with Crippen LogP contribution in [0.3, 0.4) is 0 Å². The summed E-state index contributed by atoms with van der Waals surface area (Å²) >= 11 is 0. The third-order valence-corrected chi connectivity index (χ3v) is 4.76. The summed E-state index contributed by atoms with van der Waals surface area (Å²) in [5, 5.41) is 3.84. The normalized spacial score (nSPS) is 24.0. The molecule has 0 N–H and O–H groups in total. The van der Waals surface area contributed by atoms with Gasteiger partial charge >= 0.3 is 0 Å². The number of carbonyl (C=O) groups excluding carboxylic acids is 2. The summed E-state index contributed by atoms with van der Waals surface area (Å²) in [5.74, 6) is 0.0139.